The fourth-order valence-electron chi connectivity index (χ4n) is 5.18. The monoisotopic (exact) mass is 303 g/mol. The zero-order valence-electron chi connectivity index (χ0n) is 13.5. The number of nitrogens with zero attached hydrogens (tertiary/aromatic N) is 1. The molecule has 0 unspecified atom stereocenters. The van der Waals surface area contributed by atoms with Gasteiger partial charge in [0, 0.05) is 19.0 Å². The summed E-state index contributed by atoms with van der Waals surface area (Å²) in [6, 6.07) is 4.33. The minimum Gasteiger partial charge on any atom is -0.493 e. The minimum absolute atomic E-state index is 0.0187. The van der Waals surface area contributed by atoms with E-state index in [1.165, 1.54) is 24.0 Å². The maximum Gasteiger partial charge on any atom is 0.161 e. The van der Waals surface area contributed by atoms with Crippen LogP contribution in [0.25, 0.3) is 0 Å². The second-order valence-corrected chi connectivity index (χ2v) is 6.90. The third-order valence-corrected chi connectivity index (χ3v) is 6.10. The molecular formula is C18H25NO3. The van der Waals surface area contributed by atoms with Crippen LogP contribution in [0.2, 0.25) is 0 Å². The molecule has 22 heavy (non-hydrogen) atoms. The minimum atomic E-state index is -0.195. The van der Waals surface area contributed by atoms with E-state index in [4.69, 9.17) is 9.47 Å². The van der Waals surface area contributed by atoms with Gasteiger partial charge in [-0.15, -0.1) is 0 Å². The molecule has 3 atom stereocenters. The largest absolute Gasteiger partial charge is 0.493 e. The van der Waals surface area contributed by atoms with Gasteiger partial charge in [0.15, 0.2) is 11.5 Å². The van der Waals surface area contributed by atoms with E-state index < -0.39 is 0 Å². The van der Waals surface area contributed by atoms with Crippen molar-refractivity contribution < 1.29 is 14.6 Å². The molecule has 3 aliphatic rings. The number of hydrogen-bond acceptors (Lipinski definition) is 4. The zero-order valence-corrected chi connectivity index (χ0v) is 13.5. The van der Waals surface area contributed by atoms with E-state index in [0.717, 1.165) is 43.9 Å². The lowest BCUT2D eigenvalue weighted by molar-refractivity contribution is 0.0339. The molecule has 1 aliphatic carbocycles. The zero-order chi connectivity index (χ0) is 15.3. The average molecular weight is 303 g/mol. The van der Waals surface area contributed by atoms with Crippen LogP contribution in [-0.2, 0) is 12.0 Å². The normalized spacial score (nSPS) is 33.8. The van der Waals surface area contributed by atoms with Crippen molar-refractivity contribution in [2.75, 3.05) is 27.3 Å². The van der Waals surface area contributed by atoms with E-state index in [9.17, 15) is 5.11 Å². The second kappa shape index (κ2) is 5.14. The molecule has 1 aromatic rings. The van der Waals surface area contributed by atoms with Crippen LogP contribution in [0.1, 0.15) is 36.8 Å². The third kappa shape index (κ3) is 1.77. The van der Waals surface area contributed by atoms with Crippen LogP contribution in [0, 0.1) is 5.92 Å². The first-order valence-electron chi connectivity index (χ1n) is 8.39. The highest BCUT2D eigenvalue weighted by Gasteiger charge is 2.56. The van der Waals surface area contributed by atoms with Gasteiger partial charge >= 0.3 is 0 Å². The van der Waals surface area contributed by atoms with Gasteiger partial charge in [-0.25, -0.2) is 0 Å². The molecule has 1 spiro atoms. The van der Waals surface area contributed by atoms with Crippen LogP contribution in [-0.4, -0.2) is 43.4 Å². The van der Waals surface area contributed by atoms with Crippen LogP contribution in [0.15, 0.2) is 12.1 Å². The number of hydrogen-bond donors (Lipinski definition) is 1. The van der Waals surface area contributed by atoms with E-state index in [1.807, 2.05) is 0 Å². The van der Waals surface area contributed by atoms with Crippen LogP contribution < -0.4 is 9.47 Å². The Labute approximate surface area is 132 Å². The van der Waals surface area contributed by atoms with Gasteiger partial charge < -0.3 is 14.6 Å². The van der Waals surface area contributed by atoms with Gasteiger partial charge in [0.05, 0.1) is 25.9 Å². The van der Waals surface area contributed by atoms with E-state index >= 15 is 0 Å². The molecule has 0 amide bonds. The molecule has 0 aromatic heterocycles. The lowest BCUT2D eigenvalue weighted by atomic mass is 9.66. The SMILES string of the molecule is COc1cc2c(cc1OC)[C@]13CCCC[C@H]1[C@H](O)CN3CC2. The molecule has 120 valence electrons. The highest BCUT2D eigenvalue weighted by atomic mass is 16.5. The summed E-state index contributed by atoms with van der Waals surface area (Å²) >= 11 is 0. The Kier molecular flexibility index (Phi) is 3.35. The Morgan fingerprint density at radius 2 is 1.95 bits per heavy atom. The van der Waals surface area contributed by atoms with Gasteiger partial charge in [-0.1, -0.05) is 12.8 Å². The molecule has 1 saturated heterocycles. The van der Waals surface area contributed by atoms with Gasteiger partial charge in [-0.05, 0) is 42.5 Å². The molecule has 2 fully saturated rings. The number of fused-ring (bicyclic) bond motifs is 1. The van der Waals surface area contributed by atoms with E-state index in [0.29, 0.717) is 5.92 Å². The van der Waals surface area contributed by atoms with Gasteiger partial charge in [0.2, 0.25) is 0 Å². The quantitative estimate of drug-likeness (QED) is 0.910. The Morgan fingerprint density at radius 1 is 1.18 bits per heavy atom. The summed E-state index contributed by atoms with van der Waals surface area (Å²) in [6.07, 6.45) is 5.59. The van der Waals surface area contributed by atoms with Crippen molar-refractivity contribution in [2.24, 2.45) is 5.92 Å². The molecule has 4 rings (SSSR count). The lowest BCUT2D eigenvalue weighted by Gasteiger charge is -2.49. The lowest BCUT2D eigenvalue weighted by Crippen LogP contribution is -2.51. The van der Waals surface area contributed by atoms with Gasteiger partial charge in [0.1, 0.15) is 0 Å². The Balaban J connectivity index is 1.89. The topological polar surface area (TPSA) is 41.9 Å². The summed E-state index contributed by atoms with van der Waals surface area (Å²) in [7, 11) is 3.39. The van der Waals surface area contributed by atoms with Crippen molar-refractivity contribution in [3.63, 3.8) is 0 Å². The fourth-order valence-corrected chi connectivity index (χ4v) is 5.18. The van der Waals surface area contributed by atoms with Crippen molar-refractivity contribution >= 4 is 0 Å². The molecule has 1 saturated carbocycles. The Bertz CT molecular complexity index is 588. The molecule has 4 heteroatoms. The summed E-state index contributed by atoms with van der Waals surface area (Å²) < 4.78 is 11.0. The Morgan fingerprint density at radius 3 is 2.73 bits per heavy atom. The number of aliphatic hydroxyl groups excluding tert-OH is 1. The molecule has 1 N–H and O–H groups in total. The van der Waals surface area contributed by atoms with Gasteiger partial charge in [0.25, 0.3) is 0 Å². The molecular weight excluding hydrogens is 278 g/mol. The number of benzene rings is 1. The third-order valence-electron chi connectivity index (χ3n) is 6.10. The molecule has 4 nitrogen and oxygen atoms in total. The maximum atomic E-state index is 10.6. The first-order valence-corrected chi connectivity index (χ1v) is 8.39. The number of methoxy groups -OCH3 is 2. The Hall–Kier alpha value is -1.26. The van der Waals surface area contributed by atoms with Crippen molar-refractivity contribution in [2.45, 2.75) is 43.7 Å². The summed E-state index contributed by atoms with van der Waals surface area (Å²) in [5.74, 6) is 1.98. The van der Waals surface area contributed by atoms with Gasteiger partial charge in [-0.3, -0.25) is 4.90 Å². The number of ether oxygens (including phenoxy) is 2. The van der Waals surface area contributed by atoms with Crippen LogP contribution >= 0.6 is 0 Å². The van der Waals surface area contributed by atoms with Gasteiger partial charge in [-0.2, -0.15) is 0 Å². The first-order chi connectivity index (χ1) is 10.7. The molecule has 1 aromatic carbocycles. The fraction of sp³-hybridized carbons (Fsp3) is 0.667. The maximum absolute atomic E-state index is 10.6. The van der Waals surface area contributed by atoms with Crippen LogP contribution in [0.4, 0.5) is 0 Å². The second-order valence-electron chi connectivity index (χ2n) is 6.90. The first kappa shape index (κ1) is 14.3. The van der Waals surface area contributed by atoms with Crippen LogP contribution in [0.5, 0.6) is 11.5 Å². The summed E-state index contributed by atoms with van der Waals surface area (Å²) in [6.45, 7) is 1.86. The smallest absolute Gasteiger partial charge is 0.161 e. The van der Waals surface area contributed by atoms with Crippen molar-refractivity contribution in [1.29, 1.82) is 0 Å². The summed E-state index contributed by atoms with van der Waals surface area (Å²) in [5.41, 5.74) is 2.76. The predicted octanol–water partition coefficient (Wildman–Crippen LogP) is 2.32. The highest BCUT2D eigenvalue weighted by molar-refractivity contribution is 5.52. The molecule has 2 aliphatic heterocycles. The van der Waals surface area contributed by atoms with E-state index in [-0.39, 0.29) is 11.6 Å². The number of rotatable bonds is 2. The van der Waals surface area contributed by atoms with E-state index in [1.54, 1.807) is 14.2 Å². The summed E-state index contributed by atoms with van der Waals surface area (Å²) in [4.78, 5) is 2.54. The van der Waals surface area contributed by atoms with Crippen LogP contribution in [0.3, 0.4) is 0 Å². The predicted molar refractivity (Wildman–Crippen MR) is 84.5 cm³/mol. The molecule has 0 bridgehead atoms. The highest BCUT2D eigenvalue weighted by Crippen LogP contribution is 2.55. The average Bonchev–Trinajstić information content (AvgIpc) is 2.86. The number of aliphatic hydroxyl groups is 1. The van der Waals surface area contributed by atoms with Crippen molar-refractivity contribution in [3.05, 3.63) is 23.3 Å². The molecule has 2 heterocycles. The van der Waals surface area contributed by atoms with E-state index in [2.05, 4.69) is 17.0 Å². The molecule has 0 radical (unpaired) electrons. The summed E-state index contributed by atoms with van der Waals surface area (Å²) in [5, 5.41) is 10.6. The standard InChI is InChI=1S/C18H25NO3/c1-21-16-9-12-6-8-19-11-15(20)13-5-3-4-7-18(13,19)14(12)10-17(16)22-2/h9-10,13,15,20H,3-8,11H2,1-2H3/t13-,15+,18-/m0/s1. The van der Waals surface area contributed by atoms with Crippen molar-refractivity contribution in [1.82, 2.24) is 4.90 Å². The van der Waals surface area contributed by atoms with Crippen molar-refractivity contribution in [3.8, 4) is 11.5 Å².